The number of carbonyl (C=O) groups excluding carboxylic acids is 2. The standard InChI is InChI=1S/C28H31N5O5S/c1-32(27(37)20(16-25(35)36)15-18-10-13-38-14-11-18)28-30-26(31-39-28)22-6-3-2-5-21(22)19-8-9-23(29-17-19)33-12-4-7-24(33)34/h2-3,5-6,8-9,17-18,20H,4,7,10-16H2,1H3,(H,35,36). The lowest BCUT2D eigenvalue weighted by Crippen LogP contribution is -2.35. The van der Waals surface area contributed by atoms with Gasteiger partial charge >= 0.3 is 5.97 Å². The van der Waals surface area contributed by atoms with Crippen LogP contribution in [-0.2, 0) is 19.1 Å². The quantitative estimate of drug-likeness (QED) is 0.420. The fraction of sp³-hybridized carbons (Fsp3) is 0.429. The summed E-state index contributed by atoms with van der Waals surface area (Å²) in [4.78, 5) is 49.3. The van der Waals surface area contributed by atoms with Gasteiger partial charge in [0.05, 0.1) is 6.42 Å². The third-order valence-corrected chi connectivity index (χ3v) is 8.13. The van der Waals surface area contributed by atoms with E-state index in [2.05, 4.69) is 14.3 Å². The number of carboxylic acids is 1. The molecule has 0 saturated carbocycles. The molecule has 0 radical (unpaired) electrons. The number of nitrogens with zero attached hydrogens (tertiary/aromatic N) is 5. The third kappa shape index (κ3) is 6.15. The smallest absolute Gasteiger partial charge is 0.304 e. The molecule has 2 fully saturated rings. The minimum absolute atomic E-state index is 0.0897. The molecular formula is C28H31N5O5S. The predicted molar refractivity (Wildman–Crippen MR) is 147 cm³/mol. The number of rotatable bonds is 9. The number of amides is 2. The first-order valence-corrected chi connectivity index (χ1v) is 13.9. The molecule has 10 nitrogen and oxygen atoms in total. The van der Waals surface area contributed by atoms with E-state index in [4.69, 9.17) is 4.74 Å². The van der Waals surface area contributed by atoms with Gasteiger partial charge in [0.25, 0.3) is 0 Å². The minimum atomic E-state index is -0.991. The average Bonchev–Trinajstić information content (AvgIpc) is 3.62. The molecule has 204 valence electrons. The molecule has 5 rings (SSSR count). The number of anilines is 2. The van der Waals surface area contributed by atoms with Crippen LogP contribution in [0.2, 0.25) is 0 Å². The van der Waals surface area contributed by atoms with E-state index >= 15 is 0 Å². The Morgan fingerprint density at radius 2 is 1.95 bits per heavy atom. The number of aliphatic carboxylic acids is 1. The van der Waals surface area contributed by atoms with Gasteiger partial charge in [-0.25, -0.2) is 4.98 Å². The molecule has 1 aromatic carbocycles. The Hall–Kier alpha value is -3.70. The van der Waals surface area contributed by atoms with Gasteiger partial charge in [0, 0.05) is 68.0 Å². The van der Waals surface area contributed by atoms with E-state index < -0.39 is 11.9 Å². The van der Waals surface area contributed by atoms with Crippen LogP contribution in [0, 0.1) is 11.8 Å². The lowest BCUT2D eigenvalue weighted by atomic mass is 9.86. The van der Waals surface area contributed by atoms with Crippen molar-refractivity contribution in [2.45, 2.75) is 38.5 Å². The molecule has 11 heteroatoms. The summed E-state index contributed by atoms with van der Waals surface area (Å²) in [5, 5.41) is 9.86. The van der Waals surface area contributed by atoms with E-state index in [1.807, 2.05) is 36.4 Å². The fourth-order valence-electron chi connectivity index (χ4n) is 5.22. The number of hydrogen-bond acceptors (Lipinski definition) is 8. The zero-order valence-electron chi connectivity index (χ0n) is 21.8. The Morgan fingerprint density at radius 3 is 2.62 bits per heavy atom. The number of aromatic nitrogens is 3. The van der Waals surface area contributed by atoms with Gasteiger partial charge in [0.2, 0.25) is 16.9 Å². The molecule has 39 heavy (non-hydrogen) atoms. The molecule has 2 aliphatic rings. The fourth-order valence-corrected chi connectivity index (χ4v) is 5.87. The van der Waals surface area contributed by atoms with Crippen LogP contribution in [0.5, 0.6) is 0 Å². The van der Waals surface area contributed by atoms with Gasteiger partial charge < -0.3 is 9.84 Å². The van der Waals surface area contributed by atoms with E-state index in [1.54, 1.807) is 18.1 Å². The van der Waals surface area contributed by atoms with Crippen molar-refractivity contribution in [1.29, 1.82) is 0 Å². The summed E-state index contributed by atoms with van der Waals surface area (Å²) in [6.07, 6.45) is 5.09. The Labute approximate surface area is 230 Å². The molecule has 0 bridgehead atoms. The first kappa shape index (κ1) is 26.9. The van der Waals surface area contributed by atoms with Gasteiger partial charge in [-0.05, 0) is 49.3 Å². The summed E-state index contributed by atoms with van der Waals surface area (Å²) in [5.74, 6) is -0.423. The lowest BCUT2D eigenvalue weighted by Gasteiger charge is -2.27. The lowest BCUT2D eigenvalue weighted by molar-refractivity contribution is -0.141. The number of benzene rings is 1. The molecular weight excluding hydrogens is 518 g/mol. The first-order valence-electron chi connectivity index (χ1n) is 13.2. The van der Waals surface area contributed by atoms with Crippen molar-refractivity contribution in [3.05, 3.63) is 42.6 Å². The molecule has 2 aliphatic heterocycles. The highest BCUT2D eigenvalue weighted by Crippen LogP contribution is 2.34. The topological polar surface area (TPSA) is 126 Å². The molecule has 1 N–H and O–H groups in total. The minimum Gasteiger partial charge on any atom is -0.481 e. The van der Waals surface area contributed by atoms with Crippen LogP contribution in [0.3, 0.4) is 0 Å². The molecule has 4 heterocycles. The van der Waals surface area contributed by atoms with Crippen LogP contribution in [0.15, 0.2) is 42.6 Å². The van der Waals surface area contributed by atoms with Crippen molar-refractivity contribution >= 4 is 40.3 Å². The monoisotopic (exact) mass is 549 g/mol. The maximum atomic E-state index is 13.4. The summed E-state index contributed by atoms with van der Waals surface area (Å²) in [6, 6.07) is 11.5. The predicted octanol–water partition coefficient (Wildman–Crippen LogP) is 4.26. The van der Waals surface area contributed by atoms with Crippen LogP contribution in [-0.4, -0.2) is 64.0 Å². The van der Waals surface area contributed by atoms with Crippen LogP contribution >= 0.6 is 11.5 Å². The highest BCUT2D eigenvalue weighted by Gasteiger charge is 2.31. The zero-order valence-corrected chi connectivity index (χ0v) is 22.6. The highest BCUT2D eigenvalue weighted by molar-refractivity contribution is 7.10. The van der Waals surface area contributed by atoms with Gasteiger partial charge in [-0.15, -0.1) is 0 Å². The van der Waals surface area contributed by atoms with Crippen LogP contribution in [0.4, 0.5) is 10.9 Å². The summed E-state index contributed by atoms with van der Waals surface area (Å²) in [6.45, 7) is 1.96. The Bertz CT molecular complexity index is 1340. The number of hydrogen-bond donors (Lipinski definition) is 1. The van der Waals surface area contributed by atoms with E-state index in [0.717, 1.165) is 47.5 Å². The SMILES string of the molecule is CN(C(=O)C(CC(=O)O)CC1CCOCC1)c1nc(-c2ccccc2-c2ccc(N3CCCC3=O)nc2)ns1. The Morgan fingerprint density at radius 1 is 1.18 bits per heavy atom. The van der Waals surface area contributed by atoms with Crippen molar-refractivity contribution in [3.63, 3.8) is 0 Å². The van der Waals surface area contributed by atoms with Gasteiger partial charge in [-0.1, -0.05) is 24.3 Å². The summed E-state index contributed by atoms with van der Waals surface area (Å²) in [5.41, 5.74) is 2.53. The van der Waals surface area contributed by atoms with Gasteiger partial charge in [0.1, 0.15) is 5.82 Å². The van der Waals surface area contributed by atoms with E-state index in [0.29, 0.717) is 49.4 Å². The van der Waals surface area contributed by atoms with Crippen LogP contribution in [0.25, 0.3) is 22.5 Å². The maximum absolute atomic E-state index is 13.4. The van der Waals surface area contributed by atoms with Crippen molar-refractivity contribution < 1.29 is 24.2 Å². The summed E-state index contributed by atoms with van der Waals surface area (Å²) in [7, 11) is 1.62. The van der Waals surface area contributed by atoms with E-state index in [-0.39, 0.29) is 24.2 Å². The number of ether oxygens (including phenoxy) is 1. The molecule has 3 aromatic rings. The number of carbonyl (C=O) groups is 3. The van der Waals surface area contributed by atoms with Crippen molar-refractivity contribution in [1.82, 2.24) is 14.3 Å². The molecule has 2 aromatic heterocycles. The van der Waals surface area contributed by atoms with Gasteiger partial charge in [-0.3, -0.25) is 24.2 Å². The molecule has 0 spiro atoms. The summed E-state index contributed by atoms with van der Waals surface area (Å²) >= 11 is 1.10. The number of carboxylic acid groups (broad SMARTS) is 1. The Balaban J connectivity index is 1.35. The van der Waals surface area contributed by atoms with Crippen LogP contribution < -0.4 is 9.80 Å². The maximum Gasteiger partial charge on any atom is 0.304 e. The number of pyridine rings is 1. The average molecular weight is 550 g/mol. The third-order valence-electron chi connectivity index (χ3n) is 7.34. The normalized spacial score (nSPS) is 16.8. The molecule has 1 atom stereocenters. The first-order chi connectivity index (χ1) is 18.9. The van der Waals surface area contributed by atoms with Gasteiger partial charge in [-0.2, -0.15) is 9.36 Å². The van der Waals surface area contributed by atoms with Crippen LogP contribution in [0.1, 0.15) is 38.5 Å². The zero-order chi connectivity index (χ0) is 27.4. The molecule has 1 unspecified atom stereocenters. The van der Waals surface area contributed by atoms with E-state index in [1.165, 1.54) is 4.90 Å². The Kier molecular flexibility index (Phi) is 8.27. The van der Waals surface area contributed by atoms with Crippen molar-refractivity contribution in [2.75, 3.05) is 36.6 Å². The second kappa shape index (κ2) is 12.0. The molecule has 0 aliphatic carbocycles. The second-order valence-electron chi connectivity index (χ2n) is 9.98. The summed E-state index contributed by atoms with van der Waals surface area (Å²) < 4.78 is 9.94. The highest BCUT2D eigenvalue weighted by atomic mass is 32.1. The second-order valence-corrected chi connectivity index (χ2v) is 10.7. The van der Waals surface area contributed by atoms with Crippen molar-refractivity contribution in [3.8, 4) is 22.5 Å². The molecule has 2 saturated heterocycles. The largest absolute Gasteiger partial charge is 0.481 e. The van der Waals surface area contributed by atoms with E-state index in [9.17, 15) is 19.5 Å². The van der Waals surface area contributed by atoms with Gasteiger partial charge in [0.15, 0.2) is 5.82 Å². The molecule has 2 amide bonds. The van der Waals surface area contributed by atoms with Crippen molar-refractivity contribution in [2.24, 2.45) is 11.8 Å².